The fraction of sp³-hybridized carbons (Fsp3) is 0.167. The van der Waals surface area contributed by atoms with Crippen molar-refractivity contribution in [3.63, 3.8) is 0 Å². The van der Waals surface area contributed by atoms with Crippen molar-refractivity contribution in [1.29, 1.82) is 0 Å². The molecular weight excluding hydrogens is 466 g/mol. The highest BCUT2D eigenvalue weighted by molar-refractivity contribution is 7.91. The van der Waals surface area contributed by atoms with Gasteiger partial charge in [-0.3, -0.25) is 9.69 Å². The van der Waals surface area contributed by atoms with E-state index in [9.17, 15) is 22.0 Å². The number of aromatic nitrogens is 1. The summed E-state index contributed by atoms with van der Waals surface area (Å²) >= 11 is 1.20. The number of nitrogens with zero attached hydrogens (tertiary/aromatic N) is 2. The van der Waals surface area contributed by atoms with Crippen LogP contribution in [0.15, 0.2) is 77.7 Å². The lowest BCUT2D eigenvalue weighted by Gasteiger charge is -2.20. The normalized spacial score (nSPS) is 11.6. The standard InChI is InChI=1S/C24H20F2N2O3S2/c25-18-8-11-20(12-9-18)33(30,31)14-4-7-23(29)28(16-17-5-2-1-3-6-17)24-27-21-13-10-19(26)15-22(21)32-24/h1-3,5-6,8-13,15H,4,7,14,16H2. The Labute approximate surface area is 194 Å². The molecular formula is C24H20F2N2O3S2. The number of thiazole rings is 1. The van der Waals surface area contributed by atoms with Crippen LogP contribution in [0.25, 0.3) is 10.2 Å². The maximum atomic E-state index is 13.6. The van der Waals surface area contributed by atoms with Crippen molar-refractivity contribution in [1.82, 2.24) is 4.98 Å². The van der Waals surface area contributed by atoms with Crippen molar-refractivity contribution in [2.45, 2.75) is 24.3 Å². The molecule has 0 radical (unpaired) electrons. The topological polar surface area (TPSA) is 67.3 Å². The van der Waals surface area contributed by atoms with Gasteiger partial charge in [-0.1, -0.05) is 41.7 Å². The van der Waals surface area contributed by atoms with Gasteiger partial charge in [0, 0.05) is 6.42 Å². The van der Waals surface area contributed by atoms with Gasteiger partial charge in [0.05, 0.1) is 27.4 Å². The first-order valence-corrected chi connectivity index (χ1v) is 12.7. The van der Waals surface area contributed by atoms with E-state index < -0.39 is 15.7 Å². The molecule has 0 aliphatic heterocycles. The van der Waals surface area contributed by atoms with Crippen molar-refractivity contribution in [2.24, 2.45) is 0 Å². The Hall–Kier alpha value is -3.17. The summed E-state index contributed by atoms with van der Waals surface area (Å²) in [6.45, 7) is 0.257. The van der Waals surface area contributed by atoms with E-state index in [1.165, 1.54) is 40.5 Å². The van der Waals surface area contributed by atoms with E-state index in [0.29, 0.717) is 15.3 Å². The number of hydrogen-bond acceptors (Lipinski definition) is 5. The molecule has 0 saturated carbocycles. The van der Waals surface area contributed by atoms with Crippen LogP contribution >= 0.6 is 11.3 Å². The van der Waals surface area contributed by atoms with E-state index in [-0.39, 0.29) is 41.8 Å². The minimum atomic E-state index is -3.64. The zero-order valence-corrected chi connectivity index (χ0v) is 19.1. The van der Waals surface area contributed by atoms with Crippen LogP contribution in [0.1, 0.15) is 18.4 Å². The first-order chi connectivity index (χ1) is 15.8. The maximum absolute atomic E-state index is 13.6. The smallest absolute Gasteiger partial charge is 0.229 e. The monoisotopic (exact) mass is 486 g/mol. The molecule has 3 aromatic carbocycles. The Morgan fingerprint density at radius 2 is 1.64 bits per heavy atom. The summed E-state index contributed by atoms with van der Waals surface area (Å²) in [6, 6.07) is 18.2. The zero-order valence-electron chi connectivity index (χ0n) is 17.4. The predicted octanol–water partition coefficient (Wildman–Crippen LogP) is 5.36. The molecule has 9 heteroatoms. The number of sulfone groups is 1. The molecule has 0 aliphatic rings. The Bertz CT molecular complexity index is 1370. The van der Waals surface area contributed by atoms with Crippen LogP contribution in [0.2, 0.25) is 0 Å². The van der Waals surface area contributed by atoms with E-state index >= 15 is 0 Å². The van der Waals surface area contributed by atoms with Gasteiger partial charge in [0.2, 0.25) is 5.91 Å². The molecule has 0 aliphatic carbocycles. The molecule has 33 heavy (non-hydrogen) atoms. The minimum Gasteiger partial charge on any atom is -0.284 e. The van der Waals surface area contributed by atoms with Gasteiger partial charge >= 0.3 is 0 Å². The molecule has 1 heterocycles. The summed E-state index contributed by atoms with van der Waals surface area (Å²) in [4.78, 5) is 19.1. The van der Waals surface area contributed by atoms with Crippen molar-refractivity contribution in [3.05, 3.63) is 90.0 Å². The molecule has 1 aromatic heterocycles. The summed E-state index contributed by atoms with van der Waals surface area (Å²) in [5.41, 5.74) is 1.47. The predicted molar refractivity (Wildman–Crippen MR) is 125 cm³/mol. The number of anilines is 1. The van der Waals surface area contributed by atoms with Crippen LogP contribution in [-0.4, -0.2) is 25.1 Å². The van der Waals surface area contributed by atoms with Gasteiger partial charge in [-0.05, 0) is 54.4 Å². The van der Waals surface area contributed by atoms with E-state index in [2.05, 4.69) is 4.98 Å². The average molecular weight is 487 g/mol. The van der Waals surface area contributed by atoms with Gasteiger partial charge < -0.3 is 0 Å². The minimum absolute atomic E-state index is 0.0163. The summed E-state index contributed by atoms with van der Waals surface area (Å²) in [6.07, 6.45) is 0.0842. The number of benzene rings is 3. The fourth-order valence-corrected chi connectivity index (χ4v) is 5.66. The molecule has 0 spiro atoms. The van der Waals surface area contributed by atoms with Gasteiger partial charge in [-0.2, -0.15) is 0 Å². The van der Waals surface area contributed by atoms with Crippen LogP contribution in [0.4, 0.5) is 13.9 Å². The second-order valence-corrected chi connectivity index (χ2v) is 10.6. The van der Waals surface area contributed by atoms with Gasteiger partial charge in [-0.15, -0.1) is 0 Å². The molecule has 0 N–H and O–H groups in total. The number of amides is 1. The molecule has 1 amide bonds. The van der Waals surface area contributed by atoms with E-state index in [0.717, 1.165) is 17.7 Å². The molecule has 4 aromatic rings. The summed E-state index contributed by atoms with van der Waals surface area (Å²) < 4.78 is 52.3. The molecule has 4 rings (SSSR count). The highest BCUT2D eigenvalue weighted by atomic mass is 32.2. The van der Waals surface area contributed by atoms with Crippen molar-refractivity contribution in [2.75, 3.05) is 10.7 Å². The largest absolute Gasteiger partial charge is 0.284 e. The van der Waals surface area contributed by atoms with Crippen LogP contribution in [0, 0.1) is 11.6 Å². The van der Waals surface area contributed by atoms with Gasteiger partial charge in [-0.25, -0.2) is 22.2 Å². The quantitative estimate of drug-likeness (QED) is 0.315. The van der Waals surface area contributed by atoms with E-state index in [1.54, 1.807) is 6.07 Å². The summed E-state index contributed by atoms with van der Waals surface area (Å²) in [5.74, 6) is -1.43. The lowest BCUT2D eigenvalue weighted by atomic mass is 10.2. The Morgan fingerprint density at radius 3 is 2.36 bits per heavy atom. The molecule has 0 atom stereocenters. The lowest BCUT2D eigenvalue weighted by molar-refractivity contribution is -0.118. The second kappa shape index (κ2) is 9.76. The van der Waals surface area contributed by atoms with Gasteiger partial charge in [0.15, 0.2) is 15.0 Å². The van der Waals surface area contributed by atoms with E-state index in [4.69, 9.17) is 0 Å². The number of hydrogen-bond donors (Lipinski definition) is 0. The lowest BCUT2D eigenvalue weighted by Crippen LogP contribution is -2.30. The van der Waals surface area contributed by atoms with Gasteiger partial charge in [0.25, 0.3) is 0 Å². The molecule has 0 saturated heterocycles. The first kappa shape index (κ1) is 23.0. The van der Waals surface area contributed by atoms with Crippen molar-refractivity contribution < 1.29 is 22.0 Å². The number of rotatable bonds is 8. The molecule has 170 valence electrons. The van der Waals surface area contributed by atoms with E-state index in [1.807, 2.05) is 30.3 Å². The summed E-state index contributed by atoms with van der Waals surface area (Å²) in [7, 11) is -3.64. The van der Waals surface area contributed by atoms with Crippen LogP contribution in [-0.2, 0) is 21.2 Å². The number of carbonyl (C=O) groups is 1. The summed E-state index contributed by atoms with van der Waals surface area (Å²) in [5, 5.41) is 0.422. The molecule has 0 unspecified atom stereocenters. The Kier molecular flexibility index (Phi) is 6.80. The van der Waals surface area contributed by atoms with Crippen LogP contribution in [0.3, 0.4) is 0 Å². The SMILES string of the molecule is O=C(CCCS(=O)(=O)c1ccc(F)cc1)N(Cc1ccccc1)c1nc2ccc(F)cc2s1. The molecule has 0 fully saturated rings. The maximum Gasteiger partial charge on any atom is 0.229 e. The third-order valence-corrected chi connectivity index (χ3v) is 7.89. The number of fused-ring (bicyclic) bond motifs is 1. The number of halogens is 2. The number of carbonyl (C=O) groups excluding carboxylic acids is 1. The average Bonchev–Trinajstić information content (AvgIpc) is 3.21. The Balaban J connectivity index is 1.52. The zero-order chi connectivity index (χ0) is 23.4. The third-order valence-electron chi connectivity index (χ3n) is 5.03. The first-order valence-electron chi connectivity index (χ1n) is 10.2. The second-order valence-electron chi connectivity index (χ2n) is 7.45. The molecule has 0 bridgehead atoms. The van der Waals surface area contributed by atoms with Crippen molar-refractivity contribution >= 4 is 42.4 Å². The third kappa shape index (κ3) is 5.61. The van der Waals surface area contributed by atoms with Crippen LogP contribution < -0.4 is 4.90 Å². The highest BCUT2D eigenvalue weighted by Crippen LogP contribution is 2.31. The molecule has 5 nitrogen and oxygen atoms in total. The van der Waals surface area contributed by atoms with Crippen molar-refractivity contribution in [3.8, 4) is 0 Å². The van der Waals surface area contributed by atoms with Crippen LogP contribution in [0.5, 0.6) is 0 Å². The van der Waals surface area contributed by atoms with Gasteiger partial charge in [0.1, 0.15) is 11.6 Å². The fourth-order valence-electron chi connectivity index (χ4n) is 3.34. The highest BCUT2D eigenvalue weighted by Gasteiger charge is 2.22. The Morgan fingerprint density at radius 1 is 0.939 bits per heavy atom.